The molecule has 35 heavy (non-hydrogen) atoms. The summed E-state index contributed by atoms with van der Waals surface area (Å²) in [5.74, 6) is -0.109. The highest BCUT2D eigenvalue weighted by molar-refractivity contribution is 7.92. The Morgan fingerprint density at radius 1 is 1.06 bits per heavy atom. The second-order valence-corrected chi connectivity index (χ2v) is 10.2. The van der Waals surface area contributed by atoms with E-state index in [1.807, 2.05) is 38.1 Å². The third kappa shape index (κ3) is 7.61. The van der Waals surface area contributed by atoms with Crippen LogP contribution in [0.3, 0.4) is 0 Å². The SMILES string of the molecule is CCCNC(=O)[C@@H](C)N(Cc1ccc(C)cc1)C(=O)CN(c1ccc(OC)cc1OC)S(C)(=O)=O. The van der Waals surface area contributed by atoms with Gasteiger partial charge in [0.25, 0.3) is 0 Å². The molecule has 0 radical (unpaired) electrons. The molecular weight excluding hydrogens is 470 g/mol. The smallest absolute Gasteiger partial charge is 0.244 e. The van der Waals surface area contributed by atoms with Crippen LogP contribution in [0.1, 0.15) is 31.4 Å². The average molecular weight is 506 g/mol. The van der Waals surface area contributed by atoms with Gasteiger partial charge in [-0.3, -0.25) is 13.9 Å². The van der Waals surface area contributed by atoms with Crippen molar-refractivity contribution < 1.29 is 27.5 Å². The van der Waals surface area contributed by atoms with Gasteiger partial charge < -0.3 is 19.7 Å². The molecule has 0 aliphatic heterocycles. The van der Waals surface area contributed by atoms with Gasteiger partial charge in [0.2, 0.25) is 21.8 Å². The zero-order valence-electron chi connectivity index (χ0n) is 21.2. The molecule has 10 heteroatoms. The summed E-state index contributed by atoms with van der Waals surface area (Å²) in [6, 6.07) is 11.5. The summed E-state index contributed by atoms with van der Waals surface area (Å²) < 4.78 is 37.0. The number of anilines is 1. The summed E-state index contributed by atoms with van der Waals surface area (Å²) in [6.45, 7) is 5.66. The number of rotatable bonds is 12. The van der Waals surface area contributed by atoms with Gasteiger partial charge in [0.1, 0.15) is 24.1 Å². The molecule has 0 aliphatic rings. The number of amides is 2. The number of hydrogen-bond donors (Lipinski definition) is 1. The van der Waals surface area contributed by atoms with E-state index in [2.05, 4.69) is 5.32 Å². The zero-order valence-corrected chi connectivity index (χ0v) is 22.0. The fourth-order valence-electron chi connectivity index (χ4n) is 3.45. The largest absolute Gasteiger partial charge is 0.497 e. The third-order valence-corrected chi connectivity index (χ3v) is 6.65. The van der Waals surface area contributed by atoms with Crippen molar-refractivity contribution in [3.8, 4) is 11.5 Å². The maximum atomic E-state index is 13.6. The summed E-state index contributed by atoms with van der Waals surface area (Å²) in [5, 5.41) is 2.81. The number of carbonyl (C=O) groups is 2. The van der Waals surface area contributed by atoms with Crippen LogP contribution in [-0.4, -0.2) is 64.7 Å². The molecule has 0 unspecified atom stereocenters. The van der Waals surface area contributed by atoms with E-state index in [4.69, 9.17) is 9.47 Å². The number of methoxy groups -OCH3 is 2. The van der Waals surface area contributed by atoms with Crippen molar-refractivity contribution in [2.24, 2.45) is 0 Å². The Hall–Kier alpha value is -3.27. The van der Waals surface area contributed by atoms with Gasteiger partial charge in [-0.15, -0.1) is 0 Å². The normalized spacial score (nSPS) is 11.9. The van der Waals surface area contributed by atoms with E-state index in [0.29, 0.717) is 12.3 Å². The van der Waals surface area contributed by atoms with Gasteiger partial charge in [-0.2, -0.15) is 0 Å². The van der Waals surface area contributed by atoms with Crippen LogP contribution in [0, 0.1) is 6.92 Å². The number of hydrogen-bond acceptors (Lipinski definition) is 6. The van der Waals surface area contributed by atoms with Crippen molar-refractivity contribution in [3.63, 3.8) is 0 Å². The summed E-state index contributed by atoms with van der Waals surface area (Å²) in [4.78, 5) is 27.7. The summed E-state index contributed by atoms with van der Waals surface area (Å²) in [5.41, 5.74) is 2.09. The lowest BCUT2D eigenvalue weighted by Crippen LogP contribution is -2.51. The van der Waals surface area contributed by atoms with Crippen LogP contribution in [0.15, 0.2) is 42.5 Å². The maximum Gasteiger partial charge on any atom is 0.244 e. The van der Waals surface area contributed by atoms with Crippen LogP contribution < -0.4 is 19.1 Å². The van der Waals surface area contributed by atoms with Crippen molar-refractivity contribution in [1.82, 2.24) is 10.2 Å². The zero-order chi connectivity index (χ0) is 26.2. The Balaban J connectivity index is 2.43. The second-order valence-electron chi connectivity index (χ2n) is 8.28. The maximum absolute atomic E-state index is 13.6. The third-order valence-electron chi connectivity index (χ3n) is 5.52. The van der Waals surface area contributed by atoms with Crippen LogP contribution in [-0.2, 0) is 26.2 Å². The molecule has 0 saturated heterocycles. The van der Waals surface area contributed by atoms with E-state index in [-0.39, 0.29) is 23.9 Å². The van der Waals surface area contributed by atoms with Crippen molar-refractivity contribution in [2.45, 2.75) is 39.8 Å². The first-order valence-corrected chi connectivity index (χ1v) is 13.2. The molecule has 192 valence electrons. The van der Waals surface area contributed by atoms with Gasteiger partial charge in [0, 0.05) is 19.2 Å². The molecule has 9 nitrogen and oxygen atoms in total. The molecule has 0 bridgehead atoms. The molecule has 0 fully saturated rings. The lowest BCUT2D eigenvalue weighted by atomic mass is 10.1. The summed E-state index contributed by atoms with van der Waals surface area (Å²) in [7, 11) is -0.979. The standard InChI is InChI=1S/C25H35N3O6S/c1-7-14-26-25(30)19(3)27(16-20-10-8-18(2)9-11-20)24(29)17-28(35(6,31)32)22-13-12-21(33-4)15-23(22)34-5/h8-13,15,19H,7,14,16-17H2,1-6H3,(H,26,30)/t19-/m1/s1. The molecule has 0 saturated carbocycles. The Morgan fingerprint density at radius 3 is 2.26 bits per heavy atom. The predicted molar refractivity (Wildman–Crippen MR) is 136 cm³/mol. The molecule has 2 amide bonds. The Kier molecular flexibility index (Phi) is 9.94. The fourth-order valence-corrected chi connectivity index (χ4v) is 4.31. The second kappa shape index (κ2) is 12.4. The summed E-state index contributed by atoms with van der Waals surface area (Å²) >= 11 is 0. The predicted octanol–water partition coefficient (Wildman–Crippen LogP) is 2.72. The van der Waals surface area contributed by atoms with Gasteiger partial charge in [-0.25, -0.2) is 8.42 Å². The van der Waals surface area contributed by atoms with Crippen molar-refractivity contribution >= 4 is 27.5 Å². The average Bonchev–Trinajstić information content (AvgIpc) is 2.83. The van der Waals surface area contributed by atoms with Gasteiger partial charge in [0.15, 0.2) is 0 Å². The Bertz CT molecular complexity index is 1120. The highest BCUT2D eigenvalue weighted by Gasteiger charge is 2.31. The van der Waals surface area contributed by atoms with Crippen molar-refractivity contribution in [3.05, 3.63) is 53.6 Å². The van der Waals surface area contributed by atoms with Crippen LogP contribution in [0.5, 0.6) is 11.5 Å². The van der Waals surface area contributed by atoms with E-state index < -0.39 is 28.5 Å². The molecular formula is C25H35N3O6S. The number of aryl methyl sites for hydroxylation is 1. The van der Waals surface area contributed by atoms with E-state index in [0.717, 1.165) is 28.1 Å². The summed E-state index contributed by atoms with van der Waals surface area (Å²) in [6.07, 6.45) is 1.77. The molecule has 0 aromatic heterocycles. The number of nitrogens with one attached hydrogen (secondary N) is 1. The molecule has 1 atom stereocenters. The molecule has 2 aromatic rings. The highest BCUT2D eigenvalue weighted by Crippen LogP contribution is 2.33. The topological polar surface area (TPSA) is 105 Å². The van der Waals surface area contributed by atoms with Gasteiger partial charge in [-0.05, 0) is 38.0 Å². The first kappa shape index (κ1) is 28.0. The fraction of sp³-hybridized carbons (Fsp3) is 0.440. The molecule has 0 aliphatic carbocycles. The minimum absolute atomic E-state index is 0.150. The minimum Gasteiger partial charge on any atom is -0.497 e. The van der Waals surface area contributed by atoms with Crippen LogP contribution in [0.2, 0.25) is 0 Å². The van der Waals surface area contributed by atoms with Gasteiger partial charge >= 0.3 is 0 Å². The lowest BCUT2D eigenvalue weighted by Gasteiger charge is -2.32. The minimum atomic E-state index is -3.87. The van der Waals surface area contributed by atoms with Crippen LogP contribution in [0.25, 0.3) is 0 Å². The molecule has 1 N–H and O–H groups in total. The van der Waals surface area contributed by atoms with E-state index in [1.165, 1.54) is 25.2 Å². The van der Waals surface area contributed by atoms with E-state index in [9.17, 15) is 18.0 Å². The van der Waals surface area contributed by atoms with Gasteiger partial charge in [-0.1, -0.05) is 36.8 Å². The first-order valence-electron chi connectivity index (χ1n) is 11.3. The number of nitrogens with zero attached hydrogens (tertiary/aromatic N) is 2. The molecule has 0 heterocycles. The van der Waals surface area contributed by atoms with Crippen molar-refractivity contribution in [2.75, 3.05) is 37.9 Å². The molecule has 2 rings (SSSR count). The Morgan fingerprint density at radius 2 is 1.71 bits per heavy atom. The number of benzene rings is 2. The first-order chi connectivity index (χ1) is 16.5. The van der Waals surface area contributed by atoms with E-state index in [1.54, 1.807) is 19.1 Å². The molecule has 2 aromatic carbocycles. The lowest BCUT2D eigenvalue weighted by molar-refractivity contribution is -0.139. The van der Waals surface area contributed by atoms with E-state index >= 15 is 0 Å². The highest BCUT2D eigenvalue weighted by atomic mass is 32.2. The quantitative estimate of drug-likeness (QED) is 0.476. The van der Waals surface area contributed by atoms with Crippen molar-refractivity contribution in [1.29, 1.82) is 0 Å². The monoisotopic (exact) mass is 505 g/mol. The number of ether oxygens (including phenoxy) is 2. The number of sulfonamides is 1. The van der Waals surface area contributed by atoms with Gasteiger partial charge in [0.05, 0.1) is 26.2 Å². The Labute approximate surface area is 208 Å². The number of carbonyl (C=O) groups excluding carboxylic acids is 2. The van der Waals surface area contributed by atoms with Crippen LogP contribution in [0.4, 0.5) is 5.69 Å². The molecule has 0 spiro atoms. The van der Waals surface area contributed by atoms with Crippen LogP contribution >= 0.6 is 0 Å².